The number of anilines is 1. The first-order valence-corrected chi connectivity index (χ1v) is 15.2. The van der Waals surface area contributed by atoms with E-state index in [1.165, 1.54) is 0 Å². The number of aryl methyl sites for hydroxylation is 1. The fourth-order valence-electron chi connectivity index (χ4n) is 6.09. The number of nitrogens with zero attached hydrogens (tertiary/aromatic N) is 3. The number of ether oxygens (including phenoxy) is 1. The first-order chi connectivity index (χ1) is 20.9. The van der Waals surface area contributed by atoms with Crippen molar-refractivity contribution in [3.63, 3.8) is 0 Å². The lowest BCUT2D eigenvalue weighted by Crippen LogP contribution is -2.56. The summed E-state index contributed by atoms with van der Waals surface area (Å²) >= 11 is 0. The fourth-order valence-corrected chi connectivity index (χ4v) is 6.09. The van der Waals surface area contributed by atoms with Crippen LogP contribution in [-0.2, 0) is 27.2 Å². The molecular weight excluding hydrogens is 544 g/mol. The molecule has 5 rings (SSSR count). The quantitative estimate of drug-likeness (QED) is 0.309. The molecule has 3 atom stereocenters. The third-order valence-corrected chi connectivity index (χ3v) is 8.27. The van der Waals surface area contributed by atoms with Gasteiger partial charge in [-0.25, -0.2) is 14.8 Å². The first kappa shape index (κ1) is 30.0. The second-order valence-corrected chi connectivity index (χ2v) is 11.2. The highest BCUT2D eigenvalue weighted by Crippen LogP contribution is 2.31. The van der Waals surface area contributed by atoms with Gasteiger partial charge in [-0.2, -0.15) is 0 Å². The molecule has 0 saturated carbocycles. The van der Waals surface area contributed by atoms with Crippen molar-refractivity contribution in [2.45, 2.75) is 75.9 Å². The van der Waals surface area contributed by atoms with Gasteiger partial charge in [0.25, 0.3) is 0 Å². The molecule has 43 heavy (non-hydrogen) atoms. The van der Waals surface area contributed by atoms with E-state index in [9.17, 15) is 14.4 Å². The molecule has 1 fully saturated rings. The Balaban J connectivity index is 1.38. The summed E-state index contributed by atoms with van der Waals surface area (Å²) in [6, 6.07) is 17.6. The maximum Gasteiger partial charge on any atom is 0.407 e. The van der Waals surface area contributed by atoms with Crippen molar-refractivity contribution < 1.29 is 19.1 Å². The van der Waals surface area contributed by atoms with Gasteiger partial charge in [0.2, 0.25) is 17.8 Å². The highest BCUT2D eigenvalue weighted by Gasteiger charge is 2.42. The summed E-state index contributed by atoms with van der Waals surface area (Å²) in [5.74, 6) is -0.722. The third-order valence-electron chi connectivity index (χ3n) is 8.27. The fraction of sp³-hybridized carbons (Fsp3) is 0.424. The zero-order chi connectivity index (χ0) is 30.2. The molecule has 0 bridgehead atoms. The van der Waals surface area contributed by atoms with Gasteiger partial charge >= 0.3 is 6.09 Å². The SMILES string of the molecule is CCCCOC(=O)N[C@@H](C(=O)N1CCC[C@H]1C(=O)NC1CCc2nc(N)ncc2C1)C(c1ccccc1)c1ccccc1. The van der Waals surface area contributed by atoms with Crippen molar-refractivity contribution in [3.8, 4) is 0 Å². The second-order valence-electron chi connectivity index (χ2n) is 11.2. The maximum absolute atomic E-state index is 14.4. The van der Waals surface area contributed by atoms with Gasteiger partial charge in [0.05, 0.1) is 6.61 Å². The lowest BCUT2D eigenvalue weighted by molar-refractivity contribution is -0.140. The molecule has 4 N–H and O–H groups in total. The molecule has 1 unspecified atom stereocenters. The van der Waals surface area contributed by atoms with Gasteiger partial charge in [-0.1, -0.05) is 74.0 Å². The number of nitrogens with one attached hydrogen (secondary N) is 2. The summed E-state index contributed by atoms with van der Waals surface area (Å²) in [7, 11) is 0. The van der Waals surface area contributed by atoms with Crippen molar-refractivity contribution in [1.29, 1.82) is 0 Å². The van der Waals surface area contributed by atoms with Gasteiger partial charge in [0.15, 0.2) is 0 Å². The molecule has 2 aliphatic rings. The lowest BCUT2D eigenvalue weighted by Gasteiger charge is -2.34. The minimum atomic E-state index is -0.975. The molecule has 10 heteroatoms. The van der Waals surface area contributed by atoms with Gasteiger partial charge in [-0.3, -0.25) is 9.59 Å². The van der Waals surface area contributed by atoms with E-state index in [2.05, 4.69) is 20.6 Å². The van der Waals surface area contributed by atoms with Crippen LogP contribution in [-0.4, -0.2) is 64.1 Å². The summed E-state index contributed by atoms with van der Waals surface area (Å²) in [5.41, 5.74) is 9.40. The number of carbonyl (C=O) groups is 3. The maximum atomic E-state index is 14.4. The molecule has 0 radical (unpaired) electrons. The number of rotatable bonds is 10. The number of amides is 3. The average Bonchev–Trinajstić information content (AvgIpc) is 3.52. The number of carbonyl (C=O) groups excluding carboxylic acids is 3. The van der Waals surface area contributed by atoms with Crippen molar-refractivity contribution >= 4 is 23.9 Å². The van der Waals surface area contributed by atoms with Gasteiger partial charge in [-0.15, -0.1) is 0 Å². The Morgan fingerprint density at radius 1 is 1.05 bits per heavy atom. The zero-order valence-electron chi connectivity index (χ0n) is 24.6. The van der Waals surface area contributed by atoms with Crippen LogP contribution in [0.4, 0.5) is 10.7 Å². The number of benzene rings is 2. The van der Waals surface area contributed by atoms with Crippen LogP contribution in [0.2, 0.25) is 0 Å². The Morgan fingerprint density at radius 3 is 2.42 bits per heavy atom. The molecule has 0 spiro atoms. The summed E-state index contributed by atoms with van der Waals surface area (Å²) in [4.78, 5) is 51.2. The molecular formula is C33H40N6O4. The Hall–Kier alpha value is -4.47. The molecule has 2 heterocycles. The lowest BCUT2D eigenvalue weighted by atomic mass is 9.84. The Kier molecular flexibility index (Phi) is 9.86. The third kappa shape index (κ3) is 7.31. The minimum absolute atomic E-state index is 0.0892. The van der Waals surface area contributed by atoms with Crippen LogP contribution in [0.15, 0.2) is 66.9 Å². The second kappa shape index (κ2) is 14.1. The predicted octanol–water partition coefficient (Wildman–Crippen LogP) is 3.75. The summed E-state index contributed by atoms with van der Waals surface area (Å²) in [6.07, 6.45) is 5.97. The van der Waals surface area contributed by atoms with Crippen LogP contribution < -0.4 is 16.4 Å². The number of hydrogen-bond acceptors (Lipinski definition) is 7. The van der Waals surface area contributed by atoms with E-state index >= 15 is 0 Å². The van der Waals surface area contributed by atoms with E-state index in [1.807, 2.05) is 67.6 Å². The first-order valence-electron chi connectivity index (χ1n) is 15.2. The monoisotopic (exact) mass is 584 g/mol. The molecule has 3 aromatic rings. The van der Waals surface area contributed by atoms with Crippen molar-refractivity contribution in [2.24, 2.45) is 0 Å². The zero-order valence-corrected chi connectivity index (χ0v) is 24.6. The smallest absolute Gasteiger partial charge is 0.407 e. The van der Waals surface area contributed by atoms with Crippen LogP contribution in [0.25, 0.3) is 0 Å². The molecule has 10 nitrogen and oxygen atoms in total. The molecule has 226 valence electrons. The Labute approximate surface area is 252 Å². The highest BCUT2D eigenvalue weighted by molar-refractivity contribution is 5.93. The van der Waals surface area contributed by atoms with Crippen LogP contribution in [0, 0.1) is 0 Å². The number of nitrogens with two attached hydrogens (primary N) is 1. The number of hydrogen-bond donors (Lipinski definition) is 3. The van der Waals surface area contributed by atoms with E-state index in [4.69, 9.17) is 10.5 Å². The van der Waals surface area contributed by atoms with E-state index < -0.39 is 24.1 Å². The van der Waals surface area contributed by atoms with Gasteiger partial charge in [0.1, 0.15) is 12.1 Å². The Morgan fingerprint density at radius 2 is 1.74 bits per heavy atom. The van der Waals surface area contributed by atoms with E-state index in [-0.39, 0.29) is 30.4 Å². The number of alkyl carbamates (subject to hydrolysis) is 1. The van der Waals surface area contributed by atoms with E-state index in [0.29, 0.717) is 32.2 Å². The highest BCUT2D eigenvalue weighted by atomic mass is 16.5. The number of likely N-dealkylation sites (tertiary alicyclic amines) is 1. The number of unbranched alkanes of at least 4 members (excludes halogenated alkanes) is 1. The minimum Gasteiger partial charge on any atom is -0.450 e. The van der Waals surface area contributed by atoms with Gasteiger partial charge in [0, 0.05) is 30.4 Å². The summed E-state index contributed by atoms with van der Waals surface area (Å²) in [5, 5.41) is 6.07. The number of fused-ring (bicyclic) bond motifs is 1. The van der Waals surface area contributed by atoms with Crippen LogP contribution in [0.3, 0.4) is 0 Å². The number of aromatic nitrogens is 2. The van der Waals surface area contributed by atoms with E-state index in [1.54, 1.807) is 11.1 Å². The van der Waals surface area contributed by atoms with Crippen LogP contribution >= 0.6 is 0 Å². The Bertz CT molecular complexity index is 1360. The summed E-state index contributed by atoms with van der Waals surface area (Å²) in [6.45, 7) is 2.71. The topological polar surface area (TPSA) is 140 Å². The predicted molar refractivity (Wildman–Crippen MR) is 163 cm³/mol. The molecule has 3 amide bonds. The molecule has 1 aliphatic carbocycles. The van der Waals surface area contributed by atoms with Crippen molar-refractivity contribution in [2.75, 3.05) is 18.9 Å². The largest absolute Gasteiger partial charge is 0.450 e. The normalized spacial score (nSPS) is 18.5. The molecule has 1 saturated heterocycles. The van der Waals surface area contributed by atoms with Crippen LogP contribution in [0.5, 0.6) is 0 Å². The molecule has 1 aromatic heterocycles. The van der Waals surface area contributed by atoms with Crippen LogP contribution in [0.1, 0.15) is 67.3 Å². The van der Waals surface area contributed by atoms with Gasteiger partial charge in [-0.05, 0) is 55.2 Å². The summed E-state index contributed by atoms with van der Waals surface area (Å²) < 4.78 is 5.44. The molecule has 2 aromatic carbocycles. The standard InChI is InChI=1S/C33H40N6O4/c1-2-3-19-43-33(42)38-29(28(22-11-6-4-7-12-22)23-13-8-5-9-14-23)31(41)39-18-10-15-27(39)30(40)36-25-16-17-26-24(20-25)21-35-32(34)37-26/h4-9,11-14,21,25,27-29H,2-3,10,15-20H2,1H3,(H,36,40)(H,38,42)(H2,34,35,37)/t25?,27-,29+/m0/s1. The van der Waals surface area contributed by atoms with E-state index in [0.717, 1.165) is 41.6 Å². The average molecular weight is 585 g/mol. The van der Waals surface area contributed by atoms with Crippen molar-refractivity contribution in [1.82, 2.24) is 25.5 Å². The van der Waals surface area contributed by atoms with Gasteiger partial charge < -0.3 is 26.0 Å². The molecule has 1 aliphatic heterocycles. The van der Waals surface area contributed by atoms with Crippen molar-refractivity contribution in [3.05, 3.63) is 89.2 Å². The number of nitrogen functional groups attached to an aromatic ring is 1.